The number of nitrogens with zero attached hydrogens (tertiary/aromatic N) is 2. The van der Waals surface area contributed by atoms with Crippen molar-refractivity contribution in [3.8, 4) is 23.3 Å². The number of aryl methyl sites for hydroxylation is 1. The first kappa shape index (κ1) is 77.1. The molecule has 3 aromatic carbocycles. The molecule has 5 heteroatoms. The zero-order chi connectivity index (χ0) is 58.9. The van der Waals surface area contributed by atoms with E-state index in [9.17, 15) is 10.2 Å². The van der Waals surface area contributed by atoms with Gasteiger partial charge in [0, 0.05) is 6.42 Å². The van der Waals surface area contributed by atoms with Gasteiger partial charge in [-0.3, -0.25) is 4.99 Å². The zero-order valence-electron chi connectivity index (χ0n) is 54.4. The van der Waals surface area contributed by atoms with E-state index < -0.39 is 11.5 Å². The number of rotatable bonds is 51. The van der Waals surface area contributed by atoms with Crippen LogP contribution in [0.3, 0.4) is 0 Å². The molecule has 0 aliphatic carbocycles. The first-order valence-corrected chi connectivity index (χ1v) is 35.1. The van der Waals surface area contributed by atoms with E-state index in [0.29, 0.717) is 0 Å². The monoisotopic (exact) mass is 1180 g/mol. The van der Waals surface area contributed by atoms with Gasteiger partial charge in [0.15, 0.2) is 0 Å². The van der Waals surface area contributed by atoms with Crippen molar-refractivity contribution >= 4 is 35.0 Å². The summed E-state index contributed by atoms with van der Waals surface area (Å²) in [7, 11) is 0. The Morgan fingerprint density at radius 2 is 0.711 bits per heavy atom. The molecule has 3 rings (SSSR count). The summed E-state index contributed by atoms with van der Waals surface area (Å²) in [5, 5.41) is 21.3. The first-order chi connectivity index (χ1) is 40.4. The molecule has 4 nitrogen and oxygen atoms in total. The fourth-order valence-electron chi connectivity index (χ4n) is 10.7. The van der Waals surface area contributed by atoms with Crippen LogP contribution in [0, 0.1) is 11.8 Å². The van der Waals surface area contributed by atoms with Crippen molar-refractivity contribution in [3.63, 3.8) is 0 Å². The second-order valence-electron chi connectivity index (χ2n) is 24.0. The van der Waals surface area contributed by atoms with Crippen LogP contribution in [0.5, 0.6) is 11.5 Å². The molecule has 0 radical (unpaired) electrons. The molecule has 0 spiro atoms. The number of allylic oxidation sites excluding steroid dienone is 2. The van der Waals surface area contributed by atoms with E-state index in [1.165, 1.54) is 274 Å². The molecule has 0 atom stereocenters. The second-order valence-corrected chi connectivity index (χ2v) is 24.0. The van der Waals surface area contributed by atoms with Crippen molar-refractivity contribution < 1.29 is 26.7 Å². The fourth-order valence-corrected chi connectivity index (χ4v) is 10.7. The minimum absolute atomic E-state index is 0. The SMILES string of the molecule is CCCCCCCCCCCCCCC=Cc1ccc(N=C(C#CCCCCCCCCCCCCCCCCCC)C(CCCC)=Nc2ccc(C=CCCCCCCCCCCCCCC)cc2)cc1.CCc1ccc([O-])c([O-])c1.[Ni+2]. The van der Waals surface area contributed by atoms with Crippen LogP contribution in [-0.2, 0) is 22.9 Å². The smallest absolute Gasteiger partial charge is 0.873 e. The van der Waals surface area contributed by atoms with Gasteiger partial charge in [-0.15, -0.1) is 11.5 Å². The van der Waals surface area contributed by atoms with Crippen molar-refractivity contribution in [3.05, 3.63) is 95.6 Å². The Morgan fingerprint density at radius 3 is 1.06 bits per heavy atom. The van der Waals surface area contributed by atoms with Crippen LogP contribution < -0.4 is 10.2 Å². The Bertz CT molecular complexity index is 2090. The van der Waals surface area contributed by atoms with Crippen LogP contribution in [0.2, 0.25) is 0 Å². The van der Waals surface area contributed by atoms with Crippen LogP contribution in [0.4, 0.5) is 11.4 Å². The van der Waals surface area contributed by atoms with Crippen molar-refractivity contribution in [1.82, 2.24) is 0 Å². The number of unbranched alkanes of at least 4 members (excludes halogenated alkanes) is 41. The molecule has 3 aromatic rings. The zero-order valence-corrected chi connectivity index (χ0v) is 55.4. The van der Waals surface area contributed by atoms with E-state index in [2.05, 4.69) is 112 Å². The third-order valence-electron chi connectivity index (χ3n) is 16.2. The predicted octanol–water partition coefficient (Wildman–Crippen LogP) is 25.0. The van der Waals surface area contributed by atoms with Gasteiger partial charge in [-0.05, 0) is 98.2 Å². The molecule has 0 saturated carbocycles. The van der Waals surface area contributed by atoms with E-state index in [0.717, 1.165) is 79.7 Å². The molecule has 468 valence electrons. The molecule has 0 bridgehead atoms. The summed E-state index contributed by atoms with van der Waals surface area (Å²) in [6.07, 6.45) is 72.2. The Hall–Kier alpha value is -3.87. The molecule has 0 aromatic heterocycles. The van der Waals surface area contributed by atoms with Gasteiger partial charge in [0.2, 0.25) is 0 Å². The van der Waals surface area contributed by atoms with Gasteiger partial charge >= 0.3 is 16.5 Å². The second kappa shape index (κ2) is 58.5. The van der Waals surface area contributed by atoms with Crippen LogP contribution in [0.25, 0.3) is 12.2 Å². The molecule has 0 heterocycles. The Kier molecular flexibility index (Phi) is 54.4. The number of aliphatic imine (C=N–C) groups is 2. The Labute approximate surface area is 523 Å². The molecule has 0 aliphatic rings. The Balaban J connectivity index is 0.00000281. The molecule has 0 unspecified atom stereocenters. The quantitative estimate of drug-likeness (QED) is 0.0245. The molecule has 0 N–H and O–H groups in total. The number of hydrogen-bond donors (Lipinski definition) is 0. The summed E-state index contributed by atoms with van der Waals surface area (Å²) in [5.41, 5.74) is 7.20. The maximum Gasteiger partial charge on any atom is 2.00 e. The maximum atomic E-state index is 10.7. The average molecular weight is 1180 g/mol. The van der Waals surface area contributed by atoms with Crippen molar-refractivity contribution in [1.29, 1.82) is 0 Å². The average Bonchev–Trinajstić information content (AvgIpc) is 3.59. The maximum absolute atomic E-state index is 10.7. The van der Waals surface area contributed by atoms with Gasteiger partial charge in [0.25, 0.3) is 0 Å². The molecular formula is C78H124N2NiO2. The third-order valence-corrected chi connectivity index (χ3v) is 16.2. The van der Waals surface area contributed by atoms with E-state index in [4.69, 9.17) is 9.98 Å². The van der Waals surface area contributed by atoms with Crippen molar-refractivity contribution in [2.24, 2.45) is 9.98 Å². The summed E-state index contributed by atoms with van der Waals surface area (Å²) < 4.78 is 0. The molecular weight excluding hydrogens is 1060 g/mol. The molecule has 0 fully saturated rings. The summed E-state index contributed by atoms with van der Waals surface area (Å²) in [6.45, 7) is 11.1. The molecule has 83 heavy (non-hydrogen) atoms. The van der Waals surface area contributed by atoms with Crippen LogP contribution >= 0.6 is 0 Å². The van der Waals surface area contributed by atoms with Gasteiger partial charge in [0.1, 0.15) is 5.71 Å². The number of benzene rings is 3. The predicted molar refractivity (Wildman–Crippen MR) is 363 cm³/mol. The first-order valence-electron chi connectivity index (χ1n) is 35.1. The minimum atomic E-state index is -0.419. The molecule has 0 aliphatic heterocycles. The van der Waals surface area contributed by atoms with E-state index in [1.54, 1.807) is 6.07 Å². The minimum Gasteiger partial charge on any atom is -0.873 e. The summed E-state index contributed by atoms with van der Waals surface area (Å²) >= 11 is 0. The summed E-state index contributed by atoms with van der Waals surface area (Å²) in [4.78, 5) is 10.5. The van der Waals surface area contributed by atoms with Gasteiger partial charge < -0.3 is 10.2 Å². The van der Waals surface area contributed by atoms with Gasteiger partial charge in [0.05, 0.1) is 17.1 Å². The third kappa shape index (κ3) is 46.1. The van der Waals surface area contributed by atoms with Crippen LogP contribution in [-0.4, -0.2) is 11.4 Å². The van der Waals surface area contributed by atoms with Gasteiger partial charge in [-0.1, -0.05) is 351 Å². The van der Waals surface area contributed by atoms with E-state index >= 15 is 0 Å². The van der Waals surface area contributed by atoms with Crippen molar-refractivity contribution in [2.45, 2.75) is 336 Å². The topological polar surface area (TPSA) is 70.8 Å². The Morgan fingerprint density at radius 1 is 0.373 bits per heavy atom. The molecule has 0 amide bonds. The van der Waals surface area contributed by atoms with Gasteiger partial charge in [-0.25, -0.2) is 4.99 Å². The van der Waals surface area contributed by atoms with E-state index in [1.807, 2.05) is 6.92 Å². The van der Waals surface area contributed by atoms with Gasteiger partial charge in [-0.2, -0.15) is 0 Å². The normalized spacial score (nSPS) is 11.7. The van der Waals surface area contributed by atoms with E-state index in [-0.39, 0.29) is 16.5 Å². The van der Waals surface area contributed by atoms with Crippen molar-refractivity contribution in [2.75, 3.05) is 0 Å². The fraction of sp³-hybridized carbons (Fsp3) is 0.667. The standard InChI is InChI=1S/C70H116N2.C8H10O2.Ni/c1-5-9-13-16-19-22-25-28-31-32-33-34-37-40-43-46-49-52-56-70(72-68-63-59-66(60-64-68)54-51-48-45-42-39-36-30-27-24-21-18-15-11-7-3)69(55-12-8-4)71-67-61-57-65(58-62-67)53-50-47-44-41-38-35-29-26-23-20-17-14-10-6-2;1-2-6-3-4-7(9)8(10)5-6;/h50-51,53-54,57-64H,5-49,55H2,1-4H3;3-5,9-10H,2H2,1H3;/q;;+2/p-2. The summed E-state index contributed by atoms with van der Waals surface area (Å²) in [6, 6.07) is 21.9. The molecule has 0 saturated heterocycles. The van der Waals surface area contributed by atoms with Crippen LogP contribution in [0.15, 0.2) is 88.9 Å². The summed E-state index contributed by atoms with van der Waals surface area (Å²) in [5.74, 6) is 6.32. The number of hydrogen-bond acceptors (Lipinski definition) is 4. The largest absolute Gasteiger partial charge is 2.00 e. The van der Waals surface area contributed by atoms with Crippen LogP contribution in [0.1, 0.15) is 347 Å².